The molecule has 0 fully saturated rings. The van der Waals surface area contributed by atoms with E-state index in [0.29, 0.717) is 24.7 Å². The predicted octanol–water partition coefficient (Wildman–Crippen LogP) is 1.96. The molecular weight excluding hydrogens is 262 g/mol. The summed E-state index contributed by atoms with van der Waals surface area (Å²) in [6.07, 6.45) is 0.847. The van der Waals surface area contributed by atoms with Crippen LogP contribution in [0.3, 0.4) is 0 Å². The van der Waals surface area contributed by atoms with Crippen molar-refractivity contribution in [1.29, 1.82) is 0 Å². The zero-order valence-corrected chi connectivity index (χ0v) is 12.3. The minimum atomic E-state index is -0.473. The lowest BCUT2D eigenvalue weighted by atomic mass is 10.3. The molecule has 0 spiro atoms. The number of ether oxygens (including phenoxy) is 1. The summed E-state index contributed by atoms with van der Waals surface area (Å²) in [4.78, 5) is 18.9. The summed E-state index contributed by atoms with van der Waals surface area (Å²) in [6.45, 7) is 6.63. The topological polar surface area (TPSA) is 102 Å². The lowest BCUT2D eigenvalue weighted by Gasteiger charge is -2.13. The second-order valence-electron chi connectivity index (χ2n) is 4.44. The molecule has 0 aliphatic carbocycles. The molecule has 0 aliphatic heterocycles. The van der Waals surface area contributed by atoms with Crippen molar-refractivity contribution in [2.75, 3.05) is 30.8 Å². The number of hydrogen-bond acceptors (Lipinski definition) is 7. The van der Waals surface area contributed by atoms with Gasteiger partial charge in [-0.3, -0.25) is 10.1 Å². The largest absolute Gasteiger partial charge is 0.380 e. The molecule has 8 nitrogen and oxygen atoms in total. The van der Waals surface area contributed by atoms with Crippen LogP contribution in [0.15, 0.2) is 0 Å². The Morgan fingerprint density at radius 3 is 2.65 bits per heavy atom. The molecule has 8 heteroatoms. The van der Waals surface area contributed by atoms with Gasteiger partial charge in [-0.2, -0.15) is 4.98 Å². The van der Waals surface area contributed by atoms with Crippen molar-refractivity contribution in [2.24, 2.45) is 0 Å². The molecule has 2 N–H and O–H groups in total. The standard InChI is InChI=1S/C12H21N5O3/c1-5-6-13-12-15-9(3)10(17(18)19)11(16-12)14-7-8(2)20-4/h8H,5-7H2,1-4H3,(H2,13,14,15,16). The van der Waals surface area contributed by atoms with Gasteiger partial charge >= 0.3 is 5.69 Å². The van der Waals surface area contributed by atoms with E-state index in [1.807, 2.05) is 13.8 Å². The van der Waals surface area contributed by atoms with Crippen molar-refractivity contribution in [3.05, 3.63) is 15.8 Å². The Morgan fingerprint density at radius 2 is 2.10 bits per heavy atom. The first-order valence-corrected chi connectivity index (χ1v) is 6.53. The Morgan fingerprint density at radius 1 is 1.40 bits per heavy atom. The molecule has 0 aliphatic rings. The van der Waals surface area contributed by atoms with Crippen LogP contribution in [-0.4, -0.2) is 41.2 Å². The van der Waals surface area contributed by atoms with Gasteiger partial charge in [0, 0.05) is 20.2 Å². The van der Waals surface area contributed by atoms with Gasteiger partial charge in [0.25, 0.3) is 0 Å². The van der Waals surface area contributed by atoms with Crippen LogP contribution >= 0.6 is 0 Å². The number of rotatable bonds is 8. The summed E-state index contributed by atoms with van der Waals surface area (Å²) in [7, 11) is 1.58. The first kappa shape index (κ1) is 16.1. The molecule has 1 heterocycles. The van der Waals surface area contributed by atoms with Crippen molar-refractivity contribution in [3.8, 4) is 0 Å². The van der Waals surface area contributed by atoms with E-state index in [2.05, 4.69) is 20.6 Å². The third kappa shape index (κ3) is 4.30. The maximum atomic E-state index is 11.1. The highest BCUT2D eigenvalue weighted by Crippen LogP contribution is 2.26. The molecule has 1 aromatic heterocycles. The van der Waals surface area contributed by atoms with Crippen molar-refractivity contribution in [3.63, 3.8) is 0 Å². The summed E-state index contributed by atoms with van der Waals surface area (Å²) < 4.78 is 5.11. The normalized spacial score (nSPS) is 12.0. The van der Waals surface area contributed by atoms with Crippen molar-refractivity contribution >= 4 is 17.5 Å². The van der Waals surface area contributed by atoms with Gasteiger partial charge in [0.15, 0.2) is 0 Å². The fourth-order valence-electron chi connectivity index (χ4n) is 1.55. The first-order chi connectivity index (χ1) is 9.49. The number of aromatic nitrogens is 2. The SMILES string of the molecule is CCCNc1nc(C)c([N+](=O)[O-])c(NCC(C)OC)n1. The Balaban J connectivity index is 3.01. The van der Waals surface area contributed by atoms with Gasteiger partial charge in [-0.25, -0.2) is 4.98 Å². The molecule has 112 valence electrons. The van der Waals surface area contributed by atoms with E-state index in [0.717, 1.165) is 6.42 Å². The average molecular weight is 283 g/mol. The number of nitro groups is 1. The van der Waals surface area contributed by atoms with Gasteiger partial charge in [0.1, 0.15) is 5.69 Å². The summed E-state index contributed by atoms with van der Waals surface area (Å²) in [6, 6.07) is 0. The summed E-state index contributed by atoms with van der Waals surface area (Å²) in [5.41, 5.74) is 0.228. The zero-order valence-electron chi connectivity index (χ0n) is 12.3. The van der Waals surface area contributed by atoms with Crippen LogP contribution in [0.25, 0.3) is 0 Å². The molecule has 1 atom stereocenters. The van der Waals surface area contributed by atoms with E-state index < -0.39 is 4.92 Å². The second-order valence-corrected chi connectivity index (χ2v) is 4.44. The molecule has 1 aromatic rings. The summed E-state index contributed by atoms with van der Waals surface area (Å²) >= 11 is 0. The molecule has 0 saturated carbocycles. The average Bonchev–Trinajstić information content (AvgIpc) is 2.41. The van der Waals surface area contributed by atoms with E-state index in [4.69, 9.17) is 4.74 Å². The lowest BCUT2D eigenvalue weighted by Crippen LogP contribution is -2.20. The van der Waals surface area contributed by atoms with Crippen LogP contribution in [0.2, 0.25) is 0 Å². The Kier molecular flexibility index (Phi) is 6.10. The maximum Gasteiger partial charge on any atom is 0.332 e. The zero-order chi connectivity index (χ0) is 15.1. The highest BCUT2D eigenvalue weighted by Gasteiger charge is 2.22. The third-order valence-electron chi connectivity index (χ3n) is 2.73. The molecular formula is C12H21N5O3. The Bertz CT molecular complexity index is 467. The number of methoxy groups -OCH3 is 1. The van der Waals surface area contributed by atoms with E-state index >= 15 is 0 Å². The minimum absolute atomic E-state index is 0.0723. The van der Waals surface area contributed by atoms with Crippen LogP contribution in [0.4, 0.5) is 17.5 Å². The van der Waals surface area contributed by atoms with E-state index in [9.17, 15) is 10.1 Å². The minimum Gasteiger partial charge on any atom is -0.380 e. The predicted molar refractivity (Wildman–Crippen MR) is 77.2 cm³/mol. The molecule has 0 saturated heterocycles. The highest BCUT2D eigenvalue weighted by atomic mass is 16.6. The van der Waals surface area contributed by atoms with Gasteiger partial charge in [-0.05, 0) is 20.3 Å². The van der Waals surface area contributed by atoms with Crippen LogP contribution in [0, 0.1) is 17.0 Å². The molecule has 1 unspecified atom stereocenters. The number of nitrogens with one attached hydrogen (secondary N) is 2. The second kappa shape index (κ2) is 7.59. The molecule has 0 radical (unpaired) electrons. The third-order valence-corrected chi connectivity index (χ3v) is 2.73. The van der Waals surface area contributed by atoms with Gasteiger partial charge < -0.3 is 15.4 Å². The van der Waals surface area contributed by atoms with Crippen LogP contribution < -0.4 is 10.6 Å². The van der Waals surface area contributed by atoms with Gasteiger partial charge in [-0.1, -0.05) is 6.92 Å². The smallest absolute Gasteiger partial charge is 0.332 e. The Labute approximate surface area is 118 Å². The molecule has 20 heavy (non-hydrogen) atoms. The summed E-state index contributed by atoms with van der Waals surface area (Å²) in [5, 5.41) is 17.1. The highest BCUT2D eigenvalue weighted by molar-refractivity contribution is 5.60. The quantitative estimate of drug-likeness (QED) is 0.555. The van der Waals surface area contributed by atoms with Gasteiger partial charge in [-0.15, -0.1) is 0 Å². The van der Waals surface area contributed by atoms with Crippen LogP contribution in [-0.2, 0) is 4.74 Å². The Hall–Kier alpha value is -1.96. The maximum absolute atomic E-state index is 11.1. The van der Waals surface area contributed by atoms with Crippen molar-refractivity contribution in [2.45, 2.75) is 33.3 Å². The number of nitrogens with zero attached hydrogens (tertiary/aromatic N) is 3. The fraction of sp³-hybridized carbons (Fsp3) is 0.667. The molecule has 1 rings (SSSR count). The molecule has 0 bridgehead atoms. The van der Waals surface area contributed by atoms with Crippen LogP contribution in [0.5, 0.6) is 0 Å². The van der Waals surface area contributed by atoms with E-state index in [-0.39, 0.29) is 17.6 Å². The fourth-order valence-corrected chi connectivity index (χ4v) is 1.55. The van der Waals surface area contributed by atoms with Crippen molar-refractivity contribution in [1.82, 2.24) is 9.97 Å². The first-order valence-electron chi connectivity index (χ1n) is 6.53. The number of aryl methyl sites for hydroxylation is 1. The monoisotopic (exact) mass is 283 g/mol. The van der Waals surface area contributed by atoms with Crippen LogP contribution in [0.1, 0.15) is 26.0 Å². The van der Waals surface area contributed by atoms with Crippen molar-refractivity contribution < 1.29 is 9.66 Å². The lowest BCUT2D eigenvalue weighted by molar-refractivity contribution is -0.385. The molecule has 0 amide bonds. The van der Waals surface area contributed by atoms with E-state index in [1.54, 1.807) is 14.0 Å². The summed E-state index contributed by atoms with van der Waals surface area (Å²) in [5.74, 6) is 0.604. The van der Waals surface area contributed by atoms with Gasteiger partial charge in [0.05, 0.1) is 11.0 Å². The number of anilines is 2. The van der Waals surface area contributed by atoms with Gasteiger partial charge in [0.2, 0.25) is 11.8 Å². The number of hydrogen-bond donors (Lipinski definition) is 2. The molecule has 0 aromatic carbocycles. The van der Waals surface area contributed by atoms with E-state index in [1.165, 1.54) is 0 Å².